The first-order chi connectivity index (χ1) is 15.2. The van der Waals surface area contributed by atoms with Crippen LogP contribution in [-0.4, -0.2) is 73.3 Å². The molecule has 0 unspecified atom stereocenters. The van der Waals surface area contributed by atoms with E-state index in [0.717, 1.165) is 64.0 Å². The first-order valence-electron chi connectivity index (χ1n) is 12.0. The van der Waals surface area contributed by atoms with Crippen molar-refractivity contribution in [3.8, 4) is 0 Å². The van der Waals surface area contributed by atoms with Crippen LogP contribution in [0.5, 0.6) is 0 Å². The summed E-state index contributed by atoms with van der Waals surface area (Å²) in [6.07, 6.45) is 11.7. The zero-order valence-electron chi connectivity index (χ0n) is 19.1. The number of carbonyl (C=O) groups excluding carboxylic acids is 3. The van der Waals surface area contributed by atoms with E-state index >= 15 is 0 Å². The highest BCUT2D eigenvalue weighted by Crippen LogP contribution is 2.29. The van der Waals surface area contributed by atoms with Gasteiger partial charge < -0.3 is 16.0 Å². The number of primary amides is 1. The van der Waals surface area contributed by atoms with Gasteiger partial charge in [0.15, 0.2) is 0 Å². The van der Waals surface area contributed by atoms with E-state index in [0.29, 0.717) is 12.3 Å². The van der Waals surface area contributed by atoms with Crippen LogP contribution in [0.1, 0.15) is 70.6 Å². The van der Waals surface area contributed by atoms with Crippen molar-refractivity contribution in [1.29, 1.82) is 0 Å². The number of carbonyl (C=O) groups is 3. The summed E-state index contributed by atoms with van der Waals surface area (Å²) in [5, 5.41) is 2.76. The van der Waals surface area contributed by atoms with E-state index in [9.17, 15) is 22.8 Å². The van der Waals surface area contributed by atoms with E-state index in [1.54, 1.807) is 0 Å². The Hall–Kier alpha value is -1.68. The SMILES string of the molecule is CS(=O)(=O)N1CCN(C(=O)C2CCCCC2)[C@@H](C(=O)N[C@@H](CC2CCCCC2)C(N)=O)C1. The predicted molar refractivity (Wildman–Crippen MR) is 121 cm³/mol. The topological polar surface area (TPSA) is 130 Å². The Bertz CT molecular complexity index is 790. The Morgan fingerprint density at radius 2 is 1.56 bits per heavy atom. The Morgan fingerprint density at radius 1 is 0.969 bits per heavy atom. The molecule has 1 saturated heterocycles. The van der Waals surface area contributed by atoms with Crippen molar-refractivity contribution in [3.63, 3.8) is 0 Å². The Labute approximate surface area is 191 Å². The third-order valence-electron chi connectivity index (χ3n) is 7.31. The van der Waals surface area contributed by atoms with Crippen molar-refractivity contribution in [2.45, 2.75) is 82.7 Å². The Morgan fingerprint density at radius 3 is 2.12 bits per heavy atom. The van der Waals surface area contributed by atoms with Crippen molar-refractivity contribution in [2.24, 2.45) is 17.6 Å². The standard InChI is InChI=1S/C22H38N4O5S/c1-32(30,31)25-12-13-26(22(29)17-10-6-3-7-11-17)19(15-25)21(28)24-18(20(23)27)14-16-8-4-2-5-9-16/h16-19H,2-15H2,1H3,(H2,23,27)(H,24,28)/t18-,19+/m0/s1. The van der Waals surface area contributed by atoms with Crippen LogP contribution in [0.4, 0.5) is 0 Å². The van der Waals surface area contributed by atoms with Crippen molar-refractivity contribution in [1.82, 2.24) is 14.5 Å². The number of hydrogen-bond donors (Lipinski definition) is 2. The fraction of sp³-hybridized carbons (Fsp3) is 0.864. The Kier molecular flexibility index (Phi) is 8.55. The molecule has 0 spiro atoms. The number of hydrogen-bond acceptors (Lipinski definition) is 5. The van der Waals surface area contributed by atoms with Crippen LogP contribution in [0.15, 0.2) is 0 Å². The second kappa shape index (κ2) is 11.0. The van der Waals surface area contributed by atoms with Gasteiger partial charge in [-0.3, -0.25) is 14.4 Å². The maximum absolute atomic E-state index is 13.3. The smallest absolute Gasteiger partial charge is 0.244 e. The van der Waals surface area contributed by atoms with Gasteiger partial charge in [-0.1, -0.05) is 51.4 Å². The molecule has 0 bridgehead atoms. The molecule has 3 fully saturated rings. The summed E-state index contributed by atoms with van der Waals surface area (Å²) < 4.78 is 25.5. The minimum atomic E-state index is -3.51. The van der Waals surface area contributed by atoms with Crippen LogP contribution in [0.25, 0.3) is 0 Å². The highest BCUT2D eigenvalue weighted by Gasteiger charge is 2.41. The second-order valence-electron chi connectivity index (χ2n) is 9.71. The van der Waals surface area contributed by atoms with E-state index in [4.69, 9.17) is 5.73 Å². The molecule has 3 rings (SSSR count). The van der Waals surface area contributed by atoms with Crippen LogP contribution in [0.2, 0.25) is 0 Å². The lowest BCUT2D eigenvalue weighted by atomic mass is 9.84. The lowest BCUT2D eigenvalue weighted by Crippen LogP contribution is -2.63. The number of sulfonamides is 1. The molecule has 182 valence electrons. The molecule has 9 nitrogen and oxygen atoms in total. The van der Waals surface area contributed by atoms with E-state index in [2.05, 4.69) is 5.32 Å². The van der Waals surface area contributed by atoms with Gasteiger partial charge in [0.05, 0.1) is 6.26 Å². The predicted octanol–water partition coefficient (Wildman–Crippen LogP) is 0.980. The summed E-state index contributed by atoms with van der Waals surface area (Å²) in [6, 6.07) is -1.77. The monoisotopic (exact) mass is 470 g/mol. The molecule has 1 aliphatic heterocycles. The molecule has 3 amide bonds. The summed E-state index contributed by atoms with van der Waals surface area (Å²) in [5.74, 6) is -0.966. The highest BCUT2D eigenvalue weighted by molar-refractivity contribution is 7.88. The van der Waals surface area contributed by atoms with E-state index in [1.165, 1.54) is 15.6 Å². The van der Waals surface area contributed by atoms with Gasteiger partial charge in [0, 0.05) is 25.6 Å². The molecule has 32 heavy (non-hydrogen) atoms. The summed E-state index contributed by atoms with van der Waals surface area (Å²) in [5.41, 5.74) is 5.60. The van der Waals surface area contributed by atoms with Crippen LogP contribution in [0.3, 0.4) is 0 Å². The third kappa shape index (κ3) is 6.43. The molecular formula is C22H38N4O5S. The van der Waals surface area contributed by atoms with Crippen molar-refractivity contribution in [3.05, 3.63) is 0 Å². The van der Waals surface area contributed by atoms with E-state index in [-0.39, 0.29) is 31.5 Å². The molecule has 0 radical (unpaired) electrons. The van der Waals surface area contributed by atoms with Crippen molar-refractivity contribution in [2.75, 3.05) is 25.9 Å². The van der Waals surface area contributed by atoms with Gasteiger partial charge in [-0.2, -0.15) is 4.31 Å². The molecule has 2 aliphatic carbocycles. The molecule has 0 aromatic heterocycles. The van der Waals surface area contributed by atoms with Crippen LogP contribution < -0.4 is 11.1 Å². The summed E-state index contributed by atoms with van der Waals surface area (Å²) in [6.45, 7) is 0.241. The average molecular weight is 471 g/mol. The number of amides is 3. The number of nitrogens with zero attached hydrogens (tertiary/aromatic N) is 2. The molecule has 10 heteroatoms. The van der Waals surface area contributed by atoms with Gasteiger partial charge in [-0.25, -0.2) is 8.42 Å². The fourth-order valence-corrected chi connectivity index (χ4v) is 6.23. The minimum Gasteiger partial charge on any atom is -0.368 e. The molecule has 0 aromatic rings. The molecule has 3 aliphatic rings. The lowest BCUT2D eigenvalue weighted by Gasteiger charge is -2.41. The third-order valence-corrected chi connectivity index (χ3v) is 8.58. The normalized spacial score (nSPS) is 25.3. The summed E-state index contributed by atoms with van der Waals surface area (Å²) in [4.78, 5) is 40.2. The van der Waals surface area contributed by atoms with Gasteiger partial charge in [-0.05, 0) is 25.2 Å². The van der Waals surface area contributed by atoms with Crippen LogP contribution in [0, 0.1) is 11.8 Å². The number of rotatable bonds is 7. The van der Waals surface area contributed by atoms with Gasteiger partial charge in [0.25, 0.3) is 0 Å². The lowest BCUT2D eigenvalue weighted by molar-refractivity contribution is -0.147. The molecule has 2 saturated carbocycles. The van der Waals surface area contributed by atoms with Crippen molar-refractivity contribution >= 4 is 27.7 Å². The van der Waals surface area contributed by atoms with Gasteiger partial charge in [0.1, 0.15) is 12.1 Å². The highest BCUT2D eigenvalue weighted by atomic mass is 32.2. The maximum Gasteiger partial charge on any atom is 0.244 e. The average Bonchev–Trinajstić information content (AvgIpc) is 2.78. The zero-order chi connectivity index (χ0) is 23.3. The molecule has 1 heterocycles. The van der Waals surface area contributed by atoms with Gasteiger partial charge >= 0.3 is 0 Å². The maximum atomic E-state index is 13.3. The molecule has 3 N–H and O–H groups in total. The Balaban J connectivity index is 1.74. The largest absolute Gasteiger partial charge is 0.368 e. The first kappa shape index (κ1) is 25.0. The summed E-state index contributed by atoms with van der Waals surface area (Å²) >= 11 is 0. The van der Waals surface area contributed by atoms with Crippen LogP contribution >= 0.6 is 0 Å². The van der Waals surface area contributed by atoms with Crippen LogP contribution in [-0.2, 0) is 24.4 Å². The molecule has 0 aromatic carbocycles. The van der Waals surface area contributed by atoms with Gasteiger partial charge in [-0.15, -0.1) is 0 Å². The quantitative estimate of drug-likeness (QED) is 0.573. The number of piperazine rings is 1. The fourth-order valence-electron chi connectivity index (χ4n) is 5.40. The number of nitrogens with one attached hydrogen (secondary N) is 1. The molecule has 2 atom stereocenters. The van der Waals surface area contributed by atoms with E-state index < -0.39 is 33.9 Å². The minimum absolute atomic E-state index is 0.0825. The second-order valence-corrected chi connectivity index (χ2v) is 11.7. The number of nitrogens with two attached hydrogens (primary N) is 1. The summed E-state index contributed by atoms with van der Waals surface area (Å²) in [7, 11) is -3.51. The zero-order valence-corrected chi connectivity index (χ0v) is 19.9. The van der Waals surface area contributed by atoms with Crippen molar-refractivity contribution < 1.29 is 22.8 Å². The van der Waals surface area contributed by atoms with Gasteiger partial charge in [0.2, 0.25) is 27.7 Å². The molecular weight excluding hydrogens is 432 g/mol. The first-order valence-corrected chi connectivity index (χ1v) is 13.9. The van der Waals surface area contributed by atoms with E-state index in [1.807, 2.05) is 0 Å².